The van der Waals surface area contributed by atoms with E-state index < -0.39 is 22.3 Å². The van der Waals surface area contributed by atoms with E-state index in [1.807, 2.05) is 0 Å². The summed E-state index contributed by atoms with van der Waals surface area (Å²) in [6.07, 6.45) is 1.14. The number of aliphatic hydroxyl groups is 1. The second-order valence-electron chi connectivity index (χ2n) is 4.16. The van der Waals surface area contributed by atoms with Crippen LogP contribution in [0.25, 0.3) is 0 Å². The Morgan fingerprint density at radius 1 is 1.58 bits per heavy atom. The minimum absolute atomic E-state index is 0.0300. The molecule has 0 bridgehead atoms. The van der Waals surface area contributed by atoms with Crippen LogP contribution in [0.2, 0.25) is 0 Å². The fraction of sp³-hybridized carbons (Fsp3) is 0.417. The molecule has 0 spiro atoms. The van der Waals surface area contributed by atoms with Gasteiger partial charge in [-0.05, 0) is 31.9 Å². The number of carbonyl (C=O) groups excluding carboxylic acids is 1. The number of nitrogens with one attached hydrogen (secondary N) is 1. The van der Waals surface area contributed by atoms with Crippen molar-refractivity contribution in [3.8, 4) is 0 Å². The highest BCUT2D eigenvalue weighted by Crippen LogP contribution is 2.18. The number of carbonyl (C=O) groups is 1. The third kappa shape index (κ3) is 4.29. The molecule has 0 aromatic heterocycles. The van der Waals surface area contributed by atoms with Crippen LogP contribution in [0.15, 0.2) is 18.2 Å². The Hall–Kier alpha value is -2.02. The lowest BCUT2D eigenvalue weighted by Gasteiger charge is -2.13. The Balaban J connectivity index is 2.77. The van der Waals surface area contributed by atoms with Gasteiger partial charge in [0.2, 0.25) is 5.82 Å². The van der Waals surface area contributed by atoms with Crippen molar-refractivity contribution < 1.29 is 19.2 Å². The first-order valence-corrected chi connectivity index (χ1v) is 5.81. The zero-order valence-electron chi connectivity index (χ0n) is 10.4. The van der Waals surface area contributed by atoms with E-state index in [-0.39, 0.29) is 18.2 Å². The molecule has 1 atom stereocenters. The lowest BCUT2D eigenvalue weighted by atomic mass is 10.1. The standard InChI is InChI=1S/C12H15FN2O4/c1-8(3-2-6-16)14-12(17)9-4-5-10(13)11(7-9)15(18)19/h4-5,7-8,16H,2-3,6H2,1H3,(H,14,17). The Kier molecular flexibility index (Phi) is 5.37. The highest BCUT2D eigenvalue weighted by molar-refractivity contribution is 5.95. The maximum absolute atomic E-state index is 13.1. The normalized spacial score (nSPS) is 11.9. The Morgan fingerprint density at radius 2 is 2.26 bits per heavy atom. The van der Waals surface area contributed by atoms with Gasteiger partial charge in [0.05, 0.1) is 4.92 Å². The highest BCUT2D eigenvalue weighted by Gasteiger charge is 2.18. The molecule has 0 heterocycles. The number of nitro benzene ring substituents is 1. The van der Waals surface area contributed by atoms with Crippen molar-refractivity contribution in [2.45, 2.75) is 25.8 Å². The molecule has 104 valence electrons. The first-order valence-electron chi connectivity index (χ1n) is 5.81. The number of aliphatic hydroxyl groups excluding tert-OH is 1. The molecule has 0 radical (unpaired) electrons. The molecule has 1 aromatic carbocycles. The van der Waals surface area contributed by atoms with Gasteiger partial charge in [-0.2, -0.15) is 4.39 Å². The predicted molar refractivity (Wildman–Crippen MR) is 66.3 cm³/mol. The lowest BCUT2D eigenvalue weighted by Crippen LogP contribution is -2.32. The molecule has 0 saturated heterocycles. The molecule has 1 rings (SSSR count). The summed E-state index contributed by atoms with van der Waals surface area (Å²) in [6, 6.07) is 2.81. The SMILES string of the molecule is CC(CCCO)NC(=O)c1ccc(F)c([N+](=O)[O-])c1. The molecule has 0 aliphatic rings. The molecular weight excluding hydrogens is 255 g/mol. The number of rotatable bonds is 6. The third-order valence-corrected chi connectivity index (χ3v) is 2.58. The molecule has 0 aliphatic carbocycles. The van der Waals surface area contributed by atoms with Crippen LogP contribution in [-0.2, 0) is 0 Å². The van der Waals surface area contributed by atoms with E-state index in [0.29, 0.717) is 12.8 Å². The van der Waals surface area contributed by atoms with Crippen molar-refractivity contribution in [1.82, 2.24) is 5.32 Å². The largest absolute Gasteiger partial charge is 0.396 e. The molecule has 1 aromatic rings. The molecule has 2 N–H and O–H groups in total. The van der Waals surface area contributed by atoms with Gasteiger partial charge in [0.1, 0.15) is 0 Å². The van der Waals surface area contributed by atoms with Gasteiger partial charge in [-0.25, -0.2) is 0 Å². The van der Waals surface area contributed by atoms with Crippen LogP contribution in [0.1, 0.15) is 30.1 Å². The summed E-state index contributed by atoms with van der Waals surface area (Å²) in [5.41, 5.74) is -0.695. The van der Waals surface area contributed by atoms with Crippen LogP contribution in [-0.4, -0.2) is 28.6 Å². The lowest BCUT2D eigenvalue weighted by molar-refractivity contribution is -0.387. The summed E-state index contributed by atoms with van der Waals surface area (Å²) >= 11 is 0. The number of halogens is 1. The maximum atomic E-state index is 13.1. The third-order valence-electron chi connectivity index (χ3n) is 2.58. The maximum Gasteiger partial charge on any atom is 0.305 e. The number of hydrogen-bond donors (Lipinski definition) is 2. The summed E-state index contributed by atoms with van der Waals surface area (Å²) in [4.78, 5) is 21.5. The van der Waals surface area contributed by atoms with E-state index in [9.17, 15) is 19.3 Å². The molecule has 0 aliphatic heterocycles. The molecule has 19 heavy (non-hydrogen) atoms. The summed E-state index contributed by atoms with van der Waals surface area (Å²) in [5.74, 6) is -1.48. The number of nitrogens with zero attached hydrogens (tertiary/aromatic N) is 1. The first kappa shape index (κ1) is 15.0. The van der Waals surface area contributed by atoms with Crippen molar-refractivity contribution >= 4 is 11.6 Å². The minimum Gasteiger partial charge on any atom is -0.396 e. The van der Waals surface area contributed by atoms with Gasteiger partial charge in [0, 0.05) is 24.3 Å². The van der Waals surface area contributed by atoms with Crippen molar-refractivity contribution in [3.05, 3.63) is 39.7 Å². The highest BCUT2D eigenvalue weighted by atomic mass is 19.1. The van der Waals surface area contributed by atoms with Gasteiger partial charge in [-0.3, -0.25) is 14.9 Å². The first-order chi connectivity index (χ1) is 8.95. The van der Waals surface area contributed by atoms with Gasteiger partial charge in [0.25, 0.3) is 5.91 Å². The van der Waals surface area contributed by atoms with Gasteiger partial charge in [-0.15, -0.1) is 0 Å². The molecule has 1 unspecified atom stereocenters. The van der Waals surface area contributed by atoms with Crippen LogP contribution in [0.5, 0.6) is 0 Å². The van der Waals surface area contributed by atoms with Crippen LogP contribution in [0.4, 0.5) is 10.1 Å². The van der Waals surface area contributed by atoms with E-state index >= 15 is 0 Å². The van der Waals surface area contributed by atoms with Gasteiger partial charge in [0.15, 0.2) is 0 Å². The van der Waals surface area contributed by atoms with E-state index in [0.717, 1.165) is 12.1 Å². The van der Waals surface area contributed by atoms with Crippen LogP contribution in [0, 0.1) is 15.9 Å². The van der Waals surface area contributed by atoms with Gasteiger partial charge >= 0.3 is 5.69 Å². The van der Waals surface area contributed by atoms with Crippen LogP contribution in [0.3, 0.4) is 0 Å². The topological polar surface area (TPSA) is 92.5 Å². The Labute approximate surface area is 109 Å². The second kappa shape index (κ2) is 6.79. The Bertz CT molecular complexity index is 479. The van der Waals surface area contributed by atoms with E-state index in [4.69, 9.17) is 5.11 Å². The van der Waals surface area contributed by atoms with Crippen molar-refractivity contribution in [2.75, 3.05) is 6.61 Å². The zero-order valence-corrected chi connectivity index (χ0v) is 10.4. The number of hydrogen-bond acceptors (Lipinski definition) is 4. The smallest absolute Gasteiger partial charge is 0.305 e. The van der Waals surface area contributed by atoms with Crippen LogP contribution >= 0.6 is 0 Å². The summed E-state index contributed by atoms with van der Waals surface area (Å²) in [6.45, 7) is 1.79. The molecular formula is C12H15FN2O4. The quantitative estimate of drug-likeness (QED) is 0.607. The average molecular weight is 270 g/mol. The molecule has 7 heteroatoms. The predicted octanol–water partition coefficient (Wildman–Crippen LogP) is 1.62. The number of amides is 1. The average Bonchev–Trinajstić information content (AvgIpc) is 2.36. The molecule has 0 saturated carbocycles. The van der Waals surface area contributed by atoms with Crippen molar-refractivity contribution in [3.63, 3.8) is 0 Å². The van der Waals surface area contributed by atoms with E-state index in [1.165, 1.54) is 6.07 Å². The van der Waals surface area contributed by atoms with Gasteiger partial charge in [-0.1, -0.05) is 0 Å². The molecule has 1 amide bonds. The molecule has 0 fully saturated rings. The monoisotopic (exact) mass is 270 g/mol. The summed E-state index contributed by atoms with van der Waals surface area (Å²) < 4.78 is 13.1. The van der Waals surface area contributed by atoms with E-state index in [2.05, 4.69) is 5.32 Å². The Morgan fingerprint density at radius 3 is 2.84 bits per heavy atom. The summed E-state index contributed by atoms with van der Waals surface area (Å²) in [5, 5.41) is 21.9. The molecule has 6 nitrogen and oxygen atoms in total. The number of benzene rings is 1. The fourth-order valence-corrected chi connectivity index (χ4v) is 1.57. The van der Waals surface area contributed by atoms with Crippen LogP contribution < -0.4 is 5.32 Å². The fourth-order valence-electron chi connectivity index (χ4n) is 1.57. The van der Waals surface area contributed by atoms with Gasteiger partial charge < -0.3 is 10.4 Å². The number of nitro groups is 1. The van der Waals surface area contributed by atoms with Crippen molar-refractivity contribution in [2.24, 2.45) is 0 Å². The van der Waals surface area contributed by atoms with Crippen molar-refractivity contribution in [1.29, 1.82) is 0 Å². The minimum atomic E-state index is -0.977. The zero-order chi connectivity index (χ0) is 14.4. The summed E-state index contributed by atoms with van der Waals surface area (Å²) in [7, 11) is 0. The second-order valence-corrected chi connectivity index (χ2v) is 4.16. The van der Waals surface area contributed by atoms with E-state index in [1.54, 1.807) is 6.92 Å².